The number of thioether (sulfide) groups is 1. The highest BCUT2D eigenvalue weighted by molar-refractivity contribution is 8.00. The lowest BCUT2D eigenvalue weighted by atomic mass is 10.2. The summed E-state index contributed by atoms with van der Waals surface area (Å²) in [5.74, 6) is 1.23. The Balaban J connectivity index is 1.59. The van der Waals surface area contributed by atoms with Gasteiger partial charge in [-0.05, 0) is 49.4 Å². The van der Waals surface area contributed by atoms with Gasteiger partial charge in [0.25, 0.3) is 0 Å². The molecular formula is C20H22N2O4S. The van der Waals surface area contributed by atoms with E-state index in [4.69, 9.17) is 9.47 Å². The van der Waals surface area contributed by atoms with Crippen LogP contribution in [0.3, 0.4) is 0 Å². The first-order valence-electron chi connectivity index (χ1n) is 8.76. The van der Waals surface area contributed by atoms with Crippen LogP contribution in [-0.4, -0.2) is 30.3 Å². The van der Waals surface area contributed by atoms with Gasteiger partial charge in [-0.3, -0.25) is 9.59 Å². The summed E-state index contributed by atoms with van der Waals surface area (Å²) in [5.41, 5.74) is 1.37. The number of amides is 2. The van der Waals surface area contributed by atoms with E-state index in [9.17, 15) is 9.59 Å². The Morgan fingerprint density at radius 2 is 1.59 bits per heavy atom. The second-order valence-corrected chi connectivity index (χ2v) is 7.58. The van der Waals surface area contributed by atoms with Crippen LogP contribution in [0.1, 0.15) is 20.3 Å². The molecule has 1 atom stereocenters. The van der Waals surface area contributed by atoms with Crippen molar-refractivity contribution >= 4 is 35.0 Å². The molecule has 0 saturated heterocycles. The standard InChI is InChI=1S/C20H22N2O4S/c1-13(20(24)22-16-6-4-15(5-7-16)21-14(2)23)27-17-8-9-18-19(12-17)26-11-3-10-25-18/h4-9,12-13H,3,10-11H2,1-2H3,(H,21,23)(H,22,24)/t13-/m1/s1. The Kier molecular flexibility index (Phi) is 6.24. The van der Waals surface area contributed by atoms with E-state index < -0.39 is 0 Å². The van der Waals surface area contributed by atoms with Crippen LogP contribution in [0.15, 0.2) is 47.4 Å². The van der Waals surface area contributed by atoms with Crippen molar-refractivity contribution in [1.82, 2.24) is 0 Å². The molecule has 0 saturated carbocycles. The minimum absolute atomic E-state index is 0.0978. The third-order valence-corrected chi connectivity index (χ3v) is 4.97. The van der Waals surface area contributed by atoms with Gasteiger partial charge in [-0.2, -0.15) is 0 Å². The second-order valence-electron chi connectivity index (χ2n) is 6.17. The minimum atomic E-state index is -0.287. The molecular weight excluding hydrogens is 364 g/mol. The predicted molar refractivity (Wildman–Crippen MR) is 107 cm³/mol. The number of carbonyl (C=O) groups excluding carboxylic acids is 2. The van der Waals surface area contributed by atoms with E-state index in [-0.39, 0.29) is 17.1 Å². The van der Waals surface area contributed by atoms with Crippen LogP contribution in [0, 0.1) is 0 Å². The van der Waals surface area contributed by atoms with Gasteiger partial charge in [-0.25, -0.2) is 0 Å². The Hall–Kier alpha value is -2.67. The van der Waals surface area contributed by atoms with Crippen molar-refractivity contribution in [1.29, 1.82) is 0 Å². The molecule has 0 spiro atoms. The quantitative estimate of drug-likeness (QED) is 0.762. The molecule has 2 aromatic carbocycles. The molecule has 7 heteroatoms. The maximum Gasteiger partial charge on any atom is 0.237 e. The molecule has 0 aromatic heterocycles. The van der Waals surface area contributed by atoms with Crippen molar-refractivity contribution in [2.75, 3.05) is 23.8 Å². The predicted octanol–water partition coefficient (Wildman–Crippen LogP) is 3.93. The number of anilines is 2. The van der Waals surface area contributed by atoms with Crippen molar-refractivity contribution in [3.8, 4) is 11.5 Å². The molecule has 0 bridgehead atoms. The average Bonchev–Trinajstić information content (AvgIpc) is 2.87. The summed E-state index contributed by atoms with van der Waals surface area (Å²) in [7, 11) is 0. The normalized spacial score (nSPS) is 14.0. The Labute approximate surface area is 162 Å². The maximum absolute atomic E-state index is 12.5. The summed E-state index contributed by atoms with van der Waals surface area (Å²) in [4.78, 5) is 24.5. The highest BCUT2D eigenvalue weighted by atomic mass is 32.2. The molecule has 2 aromatic rings. The fourth-order valence-electron chi connectivity index (χ4n) is 2.56. The number of hydrogen-bond acceptors (Lipinski definition) is 5. The van der Waals surface area contributed by atoms with Crippen molar-refractivity contribution in [2.45, 2.75) is 30.4 Å². The topological polar surface area (TPSA) is 76.7 Å². The van der Waals surface area contributed by atoms with Crippen molar-refractivity contribution in [3.63, 3.8) is 0 Å². The molecule has 6 nitrogen and oxygen atoms in total. The van der Waals surface area contributed by atoms with Crippen LogP contribution in [0.25, 0.3) is 0 Å². The SMILES string of the molecule is CC(=O)Nc1ccc(NC(=O)[C@@H](C)Sc2ccc3c(c2)OCCCO3)cc1. The van der Waals surface area contributed by atoms with Gasteiger partial charge in [0.2, 0.25) is 11.8 Å². The Morgan fingerprint density at radius 1 is 0.963 bits per heavy atom. The molecule has 0 radical (unpaired) electrons. The molecule has 27 heavy (non-hydrogen) atoms. The summed E-state index contributed by atoms with van der Waals surface area (Å²) < 4.78 is 11.3. The lowest BCUT2D eigenvalue weighted by Crippen LogP contribution is -2.22. The molecule has 1 aliphatic heterocycles. The van der Waals surface area contributed by atoms with Crippen molar-refractivity contribution < 1.29 is 19.1 Å². The van der Waals surface area contributed by atoms with Gasteiger partial charge >= 0.3 is 0 Å². The zero-order valence-corrected chi connectivity index (χ0v) is 16.1. The lowest BCUT2D eigenvalue weighted by Gasteiger charge is -2.14. The number of rotatable bonds is 5. The van der Waals surface area contributed by atoms with Crippen LogP contribution in [0.5, 0.6) is 11.5 Å². The van der Waals surface area contributed by atoms with Gasteiger partial charge in [0, 0.05) is 29.6 Å². The highest BCUT2D eigenvalue weighted by Crippen LogP contribution is 2.35. The van der Waals surface area contributed by atoms with Crippen molar-refractivity contribution in [2.24, 2.45) is 0 Å². The third kappa shape index (κ3) is 5.40. The molecule has 1 heterocycles. The molecule has 0 aliphatic carbocycles. The van der Waals surface area contributed by atoms with Crippen LogP contribution >= 0.6 is 11.8 Å². The first-order chi connectivity index (χ1) is 13.0. The molecule has 142 valence electrons. The van der Waals surface area contributed by atoms with E-state index in [0.29, 0.717) is 24.6 Å². The summed E-state index contributed by atoms with van der Waals surface area (Å²) in [5, 5.41) is 5.29. The zero-order chi connectivity index (χ0) is 19.2. The van der Waals surface area contributed by atoms with E-state index in [1.807, 2.05) is 25.1 Å². The van der Waals surface area contributed by atoms with E-state index in [0.717, 1.165) is 22.8 Å². The molecule has 3 rings (SSSR count). The van der Waals surface area contributed by atoms with Crippen LogP contribution in [-0.2, 0) is 9.59 Å². The van der Waals surface area contributed by atoms with E-state index >= 15 is 0 Å². The van der Waals surface area contributed by atoms with Gasteiger partial charge < -0.3 is 20.1 Å². The van der Waals surface area contributed by atoms with Crippen molar-refractivity contribution in [3.05, 3.63) is 42.5 Å². The highest BCUT2D eigenvalue weighted by Gasteiger charge is 2.17. The second kappa shape index (κ2) is 8.81. The molecule has 0 unspecified atom stereocenters. The van der Waals surface area contributed by atoms with Crippen LogP contribution < -0.4 is 20.1 Å². The molecule has 2 amide bonds. The number of ether oxygens (including phenoxy) is 2. The summed E-state index contributed by atoms with van der Waals surface area (Å²) in [6, 6.07) is 12.7. The number of hydrogen-bond donors (Lipinski definition) is 2. The molecule has 0 fully saturated rings. The van der Waals surface area contributed by atoms with E-state index in [1.54, 1.807) is 24.3 Å². The van der Waals surface area contributed by atoms with Gasteiger partial charge in [-0.1, -0.05) is 0 Å². The summed E-state index contributed by atoms with van der Waals surface area (Å²) in [6.45, 7) is 4.59. The number of carbonyl (C=O) groups is 2. The fraction of sp³-hybridized carbons (Fsp3) is 0.300. The number of nitrogens with one attached hydrogen (secondary N) is 2. The Morgan fingerprint density at radius 3 is 2.26 bits per heavy atom. The fourth-order valence-corrected chi connectivity index (χ4v) is 3.45. The lowest BCUT2D eigenvalue weighted by molar-refractivity contribution is -0.115. The first-order valence-corrected chi connectivity index (χ1v) is 9.64. The first kappa shape index (κ1) is 19.1. The smallest absolute Gasteiger partial charge is 0.237 e. The summed E-state index contributed by atoms with van der Waals surface area (Å²) >= 11 is 1.46. The van der Waals surface area contributed by atoms with E-state index in [2.05, 4.69) is 10.6 Å². The van der Waals surface area contributed by atoms with Crippen LogP contribution in [0.2, 0.25) is 0 Å². The third-order valence-electron chi connectivity index (χ3n) is 3.87. The molecule has 1 aliphatic rings. The van der Waals surface area contributed by atoms with Gasteiger partial charge in [0.15, 0.2) is 11.5 Å². The van der Waals surface area contributed by atoms with Crippen LogP contribution in [0.4, 0.5) is 11.4 Å². The maximum atomic E-state index is 12.5. The number of benzene rings is 2. The summed E-state index contributed by atoms with van der Waals surface area (Å²) in [6.07, 6.45) is 0.858. The minimum Gasteiger partial charge on any atom is -0.490 e. The monoisotopic (exact) mass is 386 g/mol. The molecule has 2 N–H and O–H groups in total. The number of fused-ring (bicyclic) bond motifs is 1. The zero-order valence-electron chi connectivity index (χ0n) is 15.3. The Bertz CT molecular complexity index is 823. The van der Waals surface area contributed by atoms with Gasteiger partial charge in [0.05, 0.1) is 18.5 Å². The van der Waals surface area contributed by atoms with Gasteiger partial charge in [-0.15, -0.1) is 11.8 Å². The van der Waals surface area contributed by atoms with E-state index in [1.165, 1.54) is 18.7 Å². The average molecular weight is 386 g/mol. The largest absolute Gasteiger partial charge is 0.490 e. The van der Waals surface area contributed by atoms with Gasteiger partial charge in [0.1, 0.15) is 0 Å².